The predicted molar refractivity (Wildman–Crippen MR) is 63.8 cm³/mol. The van der Waals surface area contributed by atoms with Crippen molar-refractivity contribution in [3.63, 3.8) is 0 Å². The van der Waals surface area contributed by atoms with Crippen LogP contribution in [0.25, 0.3) is 0 Å². The summed E-state index contributed by atoms with van der Waals surface area (Å²) >= 11 is 1.75. The Morgan fingerprint density at radius 1 is 1.31 bits per heavy atom. The van der Waals surface area contributed by atoms with Gasteiger partial charge in [0.25, 0.3) is 0 Å². The van der Waals surface area contributed by atoms with Crippen molar-refractivity contribution in [2.24, 2.45) is 0 Å². The highest BCUT2D eigenvalue weighted by Gasteiger charge is 2.32. The fourth-order valence-electron chi connectivity index (χ4n) is 1.93. The molecule has 16 heavy (non-hydrogen) atoms. The number of allylic oxidation sites excluding steroid dienone is 2. The maximum absolute atomic E-state index is 10.9. The molecule has 0 saturated carbocycles. The highest BCUT2D eigenvalue weighted by Crippen LogP contribution is 2.42. The second-order valence-electron chi connectivity index (χ2n) is 3.74. The van der Waals surface area contributed by atoms with Gasteiger partial charge < -0.3 is 4.74 Å². The fourth-order valence-corrected chi connectivity index (χ4v) is 3.12. The lowest BCUT2D eigenvalue weighted by molar-refractivity contribution is -0.105. The monoisotopic (exact) mass is 230 g/mol. The van der Waals surface area contributed by atoms with E-state index in [0.717, 1.165) is 22.5 Å². The van der Waals surface area contributed by atoms with E-state index in [2.05, 4.69) is 6.08 Å². The zero-order valence-electron chi connectivity index (χ0n) is 8.50. The van der Waals surface area contributed by atoms with Crippen molar-refractivity contribution >= 4 is 18.0 Å². The minimum absolute atomic E-state index is 0.137. The highest BCUT2D eigenvalue weighted by molar-refractivity contribution is 8.00. The number of carbonyl (C=O) groups is 1. The maximum Gasteiger partial charge on any atom is 0.149 e. The van der Waals surface area contributed by atoms with E-state index in [1.165, 1.54) is 0 Å². The van der Waals surface area contributed by atoms with Crippen LogP contribution in [0.5, 0.6) is 5.75 Å². The van der Waals surface area contributed by atoms with Crippen LogP contribution in [0.1, 0.15) is 0 Å². The summed E-state index contributed by atoms with van der Waals surface area (Å²) in [5.74, 6) is 0.872. The number of hydrogen-bond acceptors (Lipinski definition) is 3. The van der Waals surface area contributed by atoms with Gasteiger partial charge in [0.2, 0.25) is 0 Å². The summed E-state index contributed by atoms with van der Waals surface area (Å²) in [6.45, 7) is 0. The van der Waals surface area contributed by atoms with Gasteiger partial charge in [0.15, 0.2) is 0 Å². The molecule has 2 unspecified atom stereocenters. The van der Waals surface area contributed by atoms with Crippen LogP contribution in [0, 0.1) is 0 Å². The second kappa shape index (κ2) is 3.83. The molecule has 80 valence electrons. The maximum atomic E-state index is 10.9. The van der Waals surface area contributed by atoms with Gasteiger partial charge >= 0.3 is 0 Å². The number of ether oxygens (including phenoxy) is 1. The van der Waals surface area contributed by atoms with Gasteiger partial charge in [-0.15, -0.1) is 11.8 Å². The molecule has 1 heterocycles. The van der Waals surface area contributed by atoms with Crippen LogP contribution in [0.4, 0.5) is 0 Å². The number of para-hydroxylation sites is 1. The van der Waals surface area contributed by atoms with E-state index >= 15 is 0 Å². The molecule has 0 radical (unpaired) electrons. The van der Waals surface area contributed by atoms with E-state index in [9.17, 15) is 4.79 Å². The summed E-state index contributed by atoms with van der Waals surface area (Å²) in [5, 5.41) is 0.208. The molecule has 2 aliphatic rings. The van der Waals surface area contributed by atoms with Gasteiger partial charge in [-0.05, 0) is 12.1 Å². The Morgan fingerprint density at radius 2 is 2.19 bits per heavy atom. The summed E-state index contributed by atoms with van der Waals surface area (Å²) in [7, 11) is 0. The van der Waals surface area contributed by atoms with Crippen LogP contribution in [0.3, 0.4) is 0 Å². The lowest BCUT2D eigenvalue weighted by Crippen LogP contribution is -2.35. The number of thioether (sulfide) groups is 1. The Hall–Kier alpha value is -1.48. The van der Waals surface area contributed by atoms with E-state index in [4.69, 9.17) is 4.74 Å². The Balaban J connectivity index is 2.00. The molecule has 3 heteroatoms. The first-order valence-corrected chi connectivity index (χ1v) is 6.02. The molecule has 0 aromatic heterocycles. The van der Waals surface area contributed by atoms with Crippen molar-refractivity contribution in [3.05, 3.63) is 48.1 Å². The number of fused-ring (bicyclic) bond motifs is 2. The molecule has 2 atom stereocenters. The van der Waals surface area contributed by atoms with Crippen LogP contribution < -0.4 is 4.74 Å². The smallest absolute Gasteiger partial charge is 0.149 e. The molecule has 1 aliphatic carbocycles. The molecule has 0 N–H and O–H groups in total. The third-order valence-corrected chi connectivity index (χ3v) is 3.99. The Bertz CT molecular complexity index is 490. The second-order valence-corrected chi connectivity index (χ2v) is 4.96. The molecule has 1 aromatic rings. The SMILES string of the molecule is O=CC1=CC=CC2Sc3ccccc3OC12. The molecule has 1 aliphatic heterocycles. The van der Waals surface area contributed by atoms with Gasteiger partial charge in [0.1, 0.15) is 18.1 Å². The van der Waals surface area contributed by atoms with E-state index < -0.39 is 0 Å². The molecule has 0 fully saturated rings. The van der Waals surface area contributed by atoms with Gasteiger partial charge in [0.05, 0.1) is 10.1 Å². The van der Waals surface area contributed by atoms with Gasteiger partial charge in [-0.3, -0.25) is 4.79 Å². The standard InChI is InChI=1S/C13H10O2S/c14-8-9-4-3-7-12-13(9)15-10-5-1-2-6-11(10)16-12/h1-8,12-13H. The minimum atomic E-state index is -0.137. The van der Waals surface area contributed by atoms with Gasteiger partial charge in [-0.25, -0.2) is 0 Å². The Labute approximate surface area is 98.0 Å². The summed E-state index contributed by atoms with van der Waals surface area (Å²) in [6, 6.07) is 7.93. The zero-order chi connectivity index (χ0) is 11.0. The number of carbonyl (C=O) groups excluding carboxylic acids is 1. The number of rotatable bonds is 1. The predicted octanol–water partition coefficient (Wildman–Crippen LogP) is 2.60. The van der Waals surface area contributed by atoms with Crippen molar-refractivity contribution in [1.29, 1.82) is 0 Å². The van der Waals surface area contributed by atoms with Crippen LogP contribution in [0.15, 0.2) is 53.0 Å². The molecule has 0 bridgehead atoms. The van der Waals surface area contributed by atoms with Gasteiger partial charge in [0, 0.05) is 5.57 Å². The van der Waals surface area contributed by atoms with Crippen LogP contribution in [0.2, 0.25) is 0 Å². The van der Waals surface area contributed by atoms with Crippen LogP contribution in [-0.4, -0.2) is 17.6 Å². The fraction of sp³-hybridized carbons (Fsp3) is 0.154. The third-order valence-electron chi connectivity index (χ3n) is 2.72. The largest absolute Gasteiger partial charge is 0.483 e. The van der Waals surface area contributed by atoms with E-state index in [1.54, 1.807) is 11.8 Å². The normalized spacial score (nSPS) is 26.1. The molecule has 3 rings (SSSR count). The van der Waals surface area contributed by atoms with Crippen molar-refractivity contribution in [3.8, 4) is 5.75 Å². The van der Waals surface area contributed by atoms with Gasteiger partial charge in [-0.1, -0.05) is 30.4 Å². The quantitative estimate of drug-likeness (QED) is 0.694. The Kier molecular flexibility index (Phi) is 2.33. The lowest BCUT2D eigenvalue weighted by Gasteiger charge is -2.32. The first-order chi connectivity index (χ1) is 7.88. The minimum Gasteiger partial charge on any atom is -0.483 e. The summed E-state index contributed by atoms with van der Waals surface area (Å²) in [6.07, 6.45) is 6.58. The molecular weight excluding hydrogens is 220 g/mol. The molecule has 1 aromatic carbocycles. The van der Waals surface area contributed by atoms with Crippen LogP contribution in [-0.2, 0) is 4.79 Å². The zero-order valence-corrected chi connectivity index (χ0v) is 9.31. The number of hydrogen-bond donors (Lipinski definition) is 0. The lowest BCUT2D eigenvalue weighted by atomic mass is 10.0. The van der Waals surface area contributed by atoms with E-state index in [1.807, 2.05) is 36.4 Å². The van der Waals surface area contributed by atoms with Crippen molar-refractivity contribution < 1.29 is 9.53 Å². The molecule has 0 amide bonds. The molecular formula is C13H10O2S. The third kappa shape index (κ3) is 1.48. The summed E-state index contributed by atoms with van der Waals surface area (Å²) < 4.78 is 5.87. The van der Waals surface area contributed by atoms with Crippen molar-refractivity contribution in [1.82, 2.24) is 0 Å². The average molecular weight is 230 g/mol. The number of benzene rings is 1. The van der Waals surface area contributed by atoms with Crippen LogP contribution >= 0.6 is 11.8 Å². The molecule has 0 saturated heterocycles. The first-order valence-electron chi connectivity index (χ1n) is 5.14. The topological polar surface area (TPSA) is 26.3 Å². The first kappa shape index (κ1) is 9.73. The summed E-state index contributed by atoms with van der Waals surface area (Å²) in [5.41, 5.74) is 0.717. The van der Waals surface area contributed by atoms with E-state index in [0.29, 0.717) is 0 Å². The molecule has 0 spiro atoms. The Morgan fingerprint density at radius 3 is 3.06 bits per heavy atom. The van der Waals surface area contributed by atoms with Crippen molar-refractivity contribution in [2.75, 3.05) is 0 Å². The van der Waals surface area contributed by atoms with Gasteiger partial charge in [-0.2, -0.15) is 0 Å². The number of aldehydes is 1. The summed E-state index contributed by atoms with van der Waals surface area (Å²) in [4.78, 5) is 12.1. The average Bonchev–Trinajstić information content (AvgIpc) is 2.35. The highest BCUT2D eigenvalue weighted by atomic mass is 32.2. The van der Waals surface area contributed by atoms with Crippen molar-refractivity contribution in [2.45, 2.75) is 16.2 Å². The van der Waals surface area contributed by atoms with E-state index in [-0.39, 0.29) is 11.4 Å². The molecule has 2 nitrogen and oxygen atoms in total.